The minimum absolute atomic E-state index is 0.168. The van der Waals surface area contributed by atoms with Crippen molar-refractivity contribution >= 4 is 28.1 Å². The molecule has 2 heterocycles. The topological polar surface area (TPSA) is 57.3 Å². The number of hydrogen-bond donors (Lipinski definition) is 2. The first-order valence-electron chi connectivity index (χ1n) is 9.19. The number of carbonyl (C=O) groups excluding carboxylic acids is 1. The lowest BCUT2D eigenvalue weighted by atomic mass is 10.0. The number of amides is 1. The second-order valence-electron chi connectivity index (χ2n) is 6.73. The van der Waals surface area contributed by atoms with Gasteiger partial charge in [-0.1, -0.05) is 35.6 Å². The first kappa shape index (κ1) is 18.6. The Balaban J connectivity index is 1.52. The van der Waals surface area contributed by atoms with Crippen molar-refractivity contribution < 1.29 is 9.18 Å². The maximum atomic E-state index is 13.2. The van der Waals surface area contributed by atoms with Gasteiger partial charge in [0.2, 0.25) is 0 Å². The number of rotatable bonds is 4. The van der Waals surface area contributed by atoms with E-state index >= 15 is 0 Å². The number of anilines is 2. The Morgan fingerprint density at radius 1 is 1.14 bits per heavy atom. The van der Waals surface area contributed by atoms with Crippen LogP contribution in [-0.2, 0) is 0 Å². The van der Waals surface area contributed by atoms with Gasteiger partial charge in [-0.15, -0.1) is 0 Å². The lowest BCUT2D eigenvalue weighted by Gasteiger charge is -2.26. The molecule has 1 amide bonds. The average molecular weight is 396 g/mol. The summed E-state index contributed by atoms with van der Waals surface area (Å²) in [5.74, 6) is -0.437. The highest BCUT2D eigenvalue weighted by Gasteiger charge is 2.17. The van der Waals surface area contributed by atoms with Gasteiger partial charge in [-0.25, -0.2) is 9.37 Å². The molecule has 1 aliphatic rings. The van der Waals surface area contributed by atoms with Gasteiger partial charge >= 0.3 is 0 Å². The minimum atomic E-state index is -0.269. The smallest absolute Gasteiger partial charge is 0.267 e. The van der Waals surface area contributed by atoms with Gasteiger partial charge < -0.3 is 15.5 Å². The van der Waals surface area contributed by atoms with Crippen molar-refractivity contribution in [3.05, 3.63) is 64.9 Å². The van der Waals surface area contributed by atoms with E-state index in [0.717, 1.165) is 53.7 Å². The van der Waals surface area contributed by atoms with Crippen molar-refractivity contribution in [2.75, 3.05) is 36.4 Å². The first-order chi connectivity index (χ1) is 13.6. The number of benzene rings is 2. The van der Waals surface area contributed by atoms with Crippen LogP contribution >= 0.6 is 11.3 Å². The first-order valence-corrected chi connectivity index (χ1v) is 10.0. The number of carbonyl (C=O) groups is 1. The molecule has 0 radical (unpaired) electrons. The third kappa shape index (κ3) is 4.05. The van der Waals surface area contributed by atoms with E-state index in [9.17, 15) is 9.18 Å². The molecule has 28 heavy (non-hydrogen) atoms. The van der Waals surface area contributed by atoms with Crippen molar-refractivity contribution in [2.24, 2.45) is 0 Å². The molecule has 3 aromatic rings. The molecule has 4 rings (SSSR count). The number of halogens is 1. The zero-order valence-electron chi connectivity index (χ0n) is 15.5. The lowest BCUT2D eigenvalue weighted by Crippen LogP contribution is -2.43. The molecule has 2 N–H and O–H groups in total. The van der Waals surface area contributed by atoms with Crippen LogP contribution in [0.2, 0.25) is 0 Å². The van der Waals surface area contributed by atoms with Crippen LogP contribution < -0.4 is 15.5 Å². The summed E-state index contributed by atoms with van der Waals surface area (Å²) in [7, 11) is 0. The van der Waals surface area contributed by atoms with Crippen molar-refractivity contribution in [3.8, 4) is 11.1 Å². The second-order valence-corrected chi connectivity index (χ2v) is 7.74. The van der Waals surface area contributed by atoms with Gasteiger partial charge in [0, 0.05) is 31.9 Å². The highest BCUT2D eigenvalue weighted by Crippen LogP contribution is 2.28. The zero-order valence-corrected chi connectivity index (χ0v) is 16.4. The molecule has 1 fully saturated rings. The fourth-order valence-corrected chi connectivity index (χ4v) is 4.00. The van der Waals surface area contributed by atoms with Crippen molar-refractivity contribution in [1.82, 2.24) is 10.3 Å². The van der Waals surface area contributed by atoms with Gasteiger partial charge in [-0.3, -0.25) is 4.79 Å². The van der Waals surface area contributed by atoms with Gasteiger partial charge in [0.05, 0.1) is 6.20 Å². The number of nitrogens with one attached hydrogen (secondary N) is 2. The van der Waals surface area contributed by atoms with Crippen LogP contribution in [0, 0.1) is 12.7 Å². The van der Waals surface area contributed by atoms with E-state index in [1.165, 1.54) is 23.5 Å². The van der Waals surface area contributed by atoms with Gasteiger partial charge in [-0.05, 0) is 41.8 Å². The van der Waals surface area contributed by atoms with Crippen LogP contribution in [0.25, 0.3) is 11.1 Å². The lowest BCUT2D eigenvalue weighted by molar-refractivity contribution is 0.103. The fraction of sp³-hybridized carbons (Fsp3) is 0.238. The molecule has 0 spiro atoms. The summed E-state index contributed by atoms with van der Waals surface area (Å²) in [4.78, 5) is 19.9. The maximum Gasteiger partial charge on any atom is 0.267 e. The average Bonchev–Trinajstić information content (AvgIpc) is 3.21. The number of piperazine rings is 1. The molecule has 144 valence electrons. The summed E-state index contributed by atoms with van der Waals surface area (Å²) in [6.45, 7) is 5.59. The molecular formula is C21H21FN4OS. The van der Waals surface area contributed by atoms with Gasteiger partial charge in [0.1, 0.15) is 10.7 Å². The molecule has 0 bridgehead atoms. The van der Waals surface area contributed by atoms with Crippen LogP contribution in [0.3, 0.4) is 0 Å². The van der Waals surface area contributed by atoms with E-state index in [0.29, 0.717) is 4.88 Å². The Morgan fingerprint density at radius 3 is 2.61 bits per heavy atom. The van der Waals surface area contributed by atoms with E-state index < -0.39 is 0 Å². The summed E-state index contributed by atoms with van der Waals surface area (Å²) in [5.41, 5.74) is 3.53. The molecule has 7 heteroatoms. The molecule has 0 unspecified atom stereocenters. The van der Waals surface area contributed by atoms with Gasteiger partial charge in [-0.2, -0.15) is 0 Å². The standard InChI is InChI=1S/C21H21FN4OS/c1-14-2-3-16(15-4-6-17(22)7-5-15)12-18(14)25-20(27)19-13-24-21(28-19)26-10-8-23-9-11-26/h2-7,12-13,23H,8-11H2,1H3,(H,25,27). The maximum absolute atomic E-state index is 13.2. The van der Waals surface area contributed by atoms with E-state index in [1.807, 2.05) is 25.1 Å². The molecule has 1 aromatic heterocycles. The summed E-state index contributed by atoms with van der Waals surface area (Å²) < 4.78 is 13.2. The van der Waals surface area contributed by atoms with Crippen LogP contribution in [0.5, 0.6) is 0 Å². The van der Waals surface area contributed by atoms with E-state index in [2.05, 4.69) is 20.5 Å². The van der Waals surface area contributed by atoms with Gasteiger partial charge in [0.15, 0.2) is 5.13 Å². The molecule has 1 aliphatic heterocycles. The zero-order chi connectivity index (χ0) is 19.5. The molecule has 0 saturated carbocycles. The van der Waals surface area contributed by atoms with E-state index in [1.54, 1.807) is 18.3 Å². The Kier molecular flexibility index (Phi) is 5.36. The highest BCUT2D eigenvalue weighted by atomic mass is 32.1. The quantitative estimate of drug-likeness (QED) is 0.702. The van der Waals surface area contributed by atoms with E-state index in [-0.39, 0.29) is 11.7 Å². The van der Waals surface area contributed by atoms with Crippen LogP contribution in [0.15, 0.2) is 48.7 Å². The number of hydrogen-bond acceptors (Lipinski definition) is 5. The third-order valence-electron chi connectivity index (χ3n) is 4.77. The monoisotopic (exact) mass is 396 g/mol. The van der Waals surface area contributed by atoms with Crippen LogP contribution in [-0.4, -0.2) is 37.1 Å². The SMILES string of the molecule is Cc1ccc(-c2ccc(F)cc2)cc1NC(=O)c1cnc(N2CCNCC2)s1. The molecule has 0 atom stereocenters. The predicted octanol–water partition coefficient (Wildman–Crippen LogP) is 3.92. The Labute approximate surface area is 167 Å². The molecule has 1 saturated heterocycles. The van der Waals surface area contributed by atoms with Crippen LogP contribution in [0.4, 0.5) is 15.2 Å². The second kappa shape index (κ2) is 8.08. The highest BCUT2D eigenvalue weighted by molar-refractivity contribution is 7.17. The molecule has 2 aromatic carbocycles. The molecular weight excluding hydrogens is 375 g/mol. The normalized spacial score (nSPS) is 14.1. The van der Waals surface area contributed by atoms with Gasteiger partial charge in [0.25, 0.3) is 5.91 Å². The fourth-order valence-electron chi connectivity index (χ4n) is 3.13. The summed E-state index contributed by atoms with van der Waals surface area (Å²) in [6.07, 6.45) is 1.64. The Morgan fingerprint density at radius 2 is 1.86 bits per heavy atom. The third-order valence-corrected chi connectivity index (χ3v) is 5.83. The Bertz CT molecular complexity index is 980. The Hall–Kier alpha value is -2.77. The summed E-state index contributed by atoms with van der Waals surface area (Å²) >= 11 is 1.41. The van der Waals surface area contributed by atoms with Crippen molar-refractivity contribution in [3.63, 3.8) is 0 Å². The van der Waals surface area contributed by atoms with Crippen molar-refractivity contribution in [1.29, 1.82) is 0 Å². The molecule has 0 aliphatic carbocycles. The number of aryl methyl sites for hydroxylation is 1. The molecule has 5 nitrogen and oxygen atoms in total. The van der Waals surface area contributed by atoms with E-state index in [4.69, 9.17) is 0 Å². The van der Waals surface area contributed by atoms with Crippen molar-refractivity contribution in [2.45, 2.75) is 6.92 Å². The number of nitrogens with zero attached hydrogens (tertiary/aromatic N) is 2. The summed E-state index contributed by atoms with van der Waals surface area (Å²) in [5, 5.41) is 7.18. The van der Waals surface area contributed by atoms with Crippen LogP contribution in [0.1, 0.15) is 15.2 Å². The largest absolute Gasteiger partial charge is 0.346 e. The number of thiazole rings is 1. The summed E-state index contributed by atoms with van der Waals surface area (Å²) in [6, 6.07) is 12.2. The predicted molar refractivity (Wildman–Crippen MR) is 112 cm³/mol. The number of aromatic nitrogens is 1. The minimum Gasteiger partial charge on any atom is -0.346 e.